The molecule has 0 saturated heterocycles. The second-order valence-electron chi connectivity index (χ2n) is 4.62. The minimum Gasteiger partial charge on any atom is -0.370 e. The zero-order valence-electron chi connectivity index (χ0n) is 12.2. The molecule has 0 saturated carbocycles. The molecule has 0 amide bonds. The largest absolute Gasteiger partial charge is 0.370 e. The van der Waals surface area contributed by atoms with Crippen LogP contribution < -0.4 is 10.2 Å². The van der Waals surface area contributed by atoms with Crippen molar-refractivity contribution in [3.8, 4) is 6.07 Å². The maximum Gasteiger partial charge on any atom is 0.101 e. The minimum absolute atomic E-state index is 0.470. The fourth-order valence-corrected chi connectivity index (χ4v) is 3.03. The summed E-state index contributed by atoms with van der Waals surface area (Å²) in [7, 11) is 4.00. The van der Waals surface area contributed by atoms with Gasteiger partial charge in [0.15, 0.2) is 0 Å². The molecule has 1 atom stereocenters. The van der Waals surface area contributed by atoms with Gasteiger partial charge in [-0.2, -0.15) is 17.0 Å². The highest BCUT2D eigenvalue weighted by molar-refractivity contribution is 7.98. The molecule has 104 valence electrons. The number of nitriles is 1. The van der Waals surface area contributed by atoms with Crippen LogP contribution in [0.3, 0.4) is 0 Å². The fourth-order valence-electron chi connectivity index (χ4n) is 2.19. The molecule has 3 nitrogen and oxygen atoms in total. The number of nitrogens with zero attached hydrogens (tertiary/aromatic N) is 2. The summed E-state index contributed by atoms with van der Waals surface area (Å²) < 4.78 is 0. The molecule has 1 aromatic rings. The highest BCUT2D eigenvalue weighted by Crippen LogP contribution is 2.24. The van der Waals surface area contributed by atoms with Gasteiger partial charge in [-0.25, -0.2) is 0 Å². The number of hydrogen-bond acceptors (Lipinski definition) is 4. The second-order valence-corrected chi connectivity index (χ2v) is 5.53. The van der Waals surface area contributed by atoms with Crippen molar-refractivity contribution in [1.82, 2.24) is 5.32 Å². The van der Waals surface area contributed by atoms with E-state index in [1.165, 1.54) is 0 Å². The predicted molar refractivity (Wildman–Crippen MR) is 84.8 cm³/mol. The van der Waals surface area contributed by atoms with Crippen LogP contribution in [0.2, 0.25) is 0 Å². The van der Waals surface area contributed by atoms with Crippen molar-refractivity contribution < 1.29 is 0 Å². The van der Waals surface area contributed by atoms with Gasteiger partial charge in [0.05, 0.1) is 11.3 Å². The van der Waals surface area contributed by atoms with Crippen molar-refractivity contribution in [2.75, 3.05) is 31.0 Å². The first kappa shape index (κ1) is 15.9. The van der Waals surface area contributed by atoms with E-state index in [1.54, 1.807) is 0 Å². The molecule has 1 N–H and O–H groups in total. The molecule has 0 aromatic heterocycles. The SMILES string of the molecule is CCC(CSC)N(C)c1ccc(CNC)cc1C#N. The van der Waals surface area contributed by atoms with Crippen molar-refractivity contribution >= 4 is 17.4 Å². The summed E-state index contributed by atoms with van der Waals surface area (Å²) in [5, 5.41) is 12.5. The van der Waals surface area contributed by atoms with Crippen LogP contribution >= 0.6 is 11.8 Å². The average molecular weight is 277 g/mol. The third-order valence-corrected chi connectivity index (χ3v) is 4.04. The van der Waals surface area contributed by atoms with E-state index in [9.17, 15) is 5.26 Å². The van der Waals surface area contributed by atoms with Crippen LogP contribution in [-0.4, -0.2) is 32.1 Å². The molecule has 1 unspecified atom stereocenters. The highest BCUT2D eigenvalue weighted by atomic mass is 32.2. The summed E-state index contributed by atoms with van der Waals surface area (Å²) >= 11 is 1.85. The lowest BCUT2D eigenvalue weighted by molar-refractivity contribution is 0.672. The predicted octanol–water partition coefficient (Wildman–Crippen LogP) is 2.86. The molecule has 4 heteroatoms. The van der Waals surface area contributed by atoms with Crippen LogP contribution in [-0.2, 0) is 6.54 Å². The Bertz CT molecular complexity index is 440. The molecule has 0 aliphatic carbocycles. The lowest BCUT2D eigenvalue weighted by atomic mass is 10.1. The average Bonchev–Trinajstić information content (AvgIpc) is 2.44. The van der Waals surface area contributed by atoms with E-state index >= 15 is 0 Å². The van der Waals surface area contributed by atoms with Crippen molar-refractivity contribution in [3.63, 3.8) is 0 Å². The van der Waals surface area contributed by atoms with Crippen LogP contribution in [0.4, 0.5) is 5.69 Å². The lowest BCUT2D eigenvalue weighted by Crippen LogP contribution is -2.33. The molecule has 0 aliphatic rings. The van der Waals surface area contributed by atoms with E-state index in [0.29, 0.717) is 6.04 Å². The molecule has 0 aliphatic heterocycles. The van der Waals surface area contributed by atoms with Gasteiger partial charge in [-0.05, 0) is 37.4 Å². The summed E-state index contributed by atoms with van der Waals surface area (Å²) in [5.74, 6) is 1.08. The Labute approximate surface area is 121 Å². The standard InChI is InChI=1S/C15H23N3S/c1-5-14(11-19-4)18(3)15-7-6-12(10-17-2)8-13(15)9-16/h6-8,14,17H,5,10-11H2,1-4H3. The Morgan fingerprint density at radius 1 is 1.47 bits per heavy atom. The molecule has 0 spiro atoms. The van der Waals surface area contributed by atoms with Crippen molar-refractivity contribution in [1.29, 1.82) is 5.26 Å². The molecule has 1 aromatic carbocycles. The molecule has 0 heterocycles. The third kappa shape index (κ3) is 4.15. The van der Waals surface area contributed by atoms with Crippen molar-refractivity contribution in [2.45, 2.75) is 25.9 Å². The van der Waals surface area contributed by atoms with E-state index in [-0.39, 0.29) is 0 Å². The van der Waals surface area contributed by atoms with Crippen LogP contribution in [0, 0.1) is 11.3 Å². The number of anilines is 1. The fraction of sp³-hybridized carbons (Fsp3) is 0.533. The van der Waals surface area contributed by atoms with Crippen LogP contribution in [0.15, 0.2) is 18.2 Å². The van der Waals surface area contributed by atoms with Gasteiger partial charge in [0, 0.05) is 25.4 Å². The van der Waals surface area contributed by atoms with E-state index in [0.717, 1.165) is 35.5 Å². The Morgan fingerprint density at radius 2 is 2.21 bits per heavy atom. The summed E-state index contributed by atoms with van der Waals surface area (Å²) in [6.45, 7) is 2.99. The lowest BCUT2D eigenvalue weighted by Gasteiger charge is -2.29. The van der Waals surface area contributed by atoms with Gasteiger partial charge in [-0.1, -0.05) is 13.0 Å². The second kappa shape index (κ2) is 8.08. The van der Waals surface area contributed by atoms with Crippen LogP contribution in [0.1, 0.15) is 24.5 Å². The van der Waals surface area contributed by atoms with Gasteiger partial charge in [-0.3, -0.25) is 0 Å². The smallest absolute Gasteiger partial charge is 0.101 e. The summed E-state index contributed by atoms with van der Waals surface area (Å²) in [5.41, 5.74) is 2.94. The van der Waals surface area contributed by atoms with Crippen LogP contribution in [0.25, 0.3) is 0 Å². The minimum atomic E-state index is 0.470. The number of hydrogen-bond donors (Lipinski definition) is 1. The number of rotatable bonds is 7. The first-order chi connectivity index (χ1) is 9.17. The summed E-state index contributed by atoms with van der Waals surface area (Å²) in [4.78, 5) is 2.23. The number of nitrogens with one attached hydrogen (secondary N) is 1. The van der Waals surface area contributed by atoms with E-state index < -0.39 is 0 Å². The summed E-state index contributed by atoms with van der Waals surface area (Å²) in [6.07, 6.45) is 3.21. The molecule has 0 fully saturated rings. The van der Waals surface area contributed by atoms with E-state index in [2.05, 4.69) is 48.6 Å². The van der Waals surface area contributed by atoms with Gasteiger partial charge in [0.1, 0.15) is 6.07 Å². The van der Waals surface area contributed by atoms with Gasteiger partial charge in [-0.15, -0.1) is 0 Å². The van der Waals surface area contributed by atoms with Gasteiger partial charge in [0.25, 0.3) is 0 Å². The molecular formula is C15H23N3S. The number of thioether (sulfide) groups is 1. The van der Waals surface area contributed by atoms with E-state index in [1.807, 2.05) is 24.9 Å². The first-order valence-corrected chi connectivity index (χ1v) is 7.96. The van der Waals surface area contributed by atoms with E-state index in [4.69, 9.17) is 0 Å². The molecular weight excluding hydrogens is 254 g/mol. The van der Waals surface area contributed by atoms with Crippen molar-refractivity contribution in [3.05, 3.63) is 29.3 Å². The zero-order chi connectivity index (χ0) is 14.3. The normalized spacial score (nSPS) is 11.9. The van der Waals surface area contributed by atoms with Crippen LogP contribution in [0.5, 0.6) is 0 Å². The Balaban J connectivity index is 3.02. The summed E-state index contributed by atoms with van der Waals surface area (Å²) in [6, 6.07) is 8.93. The van der Waals surface area contributed by atoms with Gasteiger partial charge >= 0.3 is 0 Å². The molecule has 19 heavy (non-hydrogen) atoms. The monoisotopic (exact) mass is 277 g/mol. The Kier molecular flexibility index (Phi) is 6.75. The topological polar surface area (TPSA) is 39.1 Å². The molecule has 0 bridgehead atoms. The first-order valence-electron chi connectivity index (χ1n) is 6.57. The highest BCUT2D eigenvalue weighted by Gasteiger charge is 2.16. The van der Waals surface area contributed by atoms with Gasteiger partial charge in [0.2, 0.25) is 0 Å². The molecule has 1 rings (SSSR count). The number of benzene rings is 1. The quantitative estimate of drug-likeness (QED) is 0.832. The van der Waals surface area contributed by atoms with Crippen molar-refractivity contribution in [2.24, 2.45) is 0 Å². The molecule has 0 radical (unpaired) electrons. The third-order valence-electron chi connectivity index (χ3n) is 3.32. The van der Waals surface area contributed by atoms with Gasteiger partial charge < -0.3 is 10.2 Å². The zero-order valence-corrected chi connectivity index (χ0v) is 13.0. The Hall–Kier alpha value is -1.18. The maximum atomic E-state index is 9.34. The Morgan fingerprint density at radius 3 is 2.74 bits per heavy atom. The maximum absolute atomic E-state index is 9.34.